The maximum absolute atomic E-state index is 12.9. The standard InChI is InChI=1S/C14H19FN2O2S/c15-13-5-3-12(4-6-13)11-20(18,19)17-9-8-16-7-1-2-14(16)10-17/h3-6,14H,1-2,7-11H2. The van der Waals surface area contributed by atoms with E-state index in [0.717, 1.165) is 25.9 Å². The van der Waals surface area contributed by atoms with Crippen LogP contribution < -0.4 is 0 Å². The highest BCUT2D eigenvalue weighted by Crippen LogP contribution is 2.24. The summed E-state index contributed by atoms with van der Waals surface area (Å²) >= 11 is 0. The molecule has 1 aromatic rings. The second kappa shape index (κ2) is 5.42. The van der Waals surface area contributed by atoms with Gasteiger partial charge in [-0.15, -0.1) is 0 Å². The van der Waals surface area contributed by atoms with Crippen LogP contribution in [0, 0.1) is 5.82 Å². The van der Waals surface area contributed by atoms with Crippen LogP contribution >= 0.6 is 0 Å². The molecule has 0 aliphatic carbocycles. The van der Waals surface area contributed by atoms with Gasteiger partial charge < -0.3 is 0 Å². The highest BCUT2D eigenvalue weighted by atomic mass is 32.2. The quantitative estimate of drug-likeness (QED) is 0.848. The molecule has 0 N–H and O–H groups in total. The molecule has 0 radical (unpaired) electrons. The molecule has 2 saturated heterocycles. The van der Waals surface area contributed by atoms with E-state index in [1.165, 1.54) is 12.1 Å². The van der Waals surface area contributed by atoms with Crippen LogP contribution in [0.1, 0.15) is 18.4 Å². The van der Waals surface area contributed by atoms with Crippen LogP contribution in [-0.2, 0) is 15.8 Å². The topological polar surface area (TPSA) is 40.6 Å². The summed E-state index contributed by atoms with van der Waals surface area (Å²) in [5, 5.41) is 0. The Morgan fingerprint density at radius 3 is 2.65 bits per heavy atom. The van der Waals surface area contributed by atoms with Crippen LogP contribution in [0.15, 0.2) is 24.3 Å². The van der Waals surface area contributed by atoms with Crippen LogP contribution in [0.3, 0.4) is 0 Å². The van der Waals surface area contributed by atoms with Crippen molar-refractivity contribution in [3.63, 3.8) is 0 Å². The van der Waals surface area contributed by atoms with Crippen molar-refractivity contribution in [1.82, 2.24) is 9.21 Å². The lowest BCUT2D eigenvalue weighted by Crippen LogP contribution is -2.52. The zero-order valence-corrected chi connectivity index (χ0v) is 12.2. The SMILES string of the molecule is O=S(=O)(Cc1ccc(F)cc1)N1CCN2CCCC2C1. The Kier molecular flexibility index (Phi) is 3.79. The average Bonchev–Trinajstić information content (AvgIpc) is 2.88. The third kappa shape index (κ3) is 2.87. The summed E-state index contributed by atoms with van der Waals surface area (Å²) < 4.78 is 39.3. The molecule has 0 spiro atoms. The fraction of sp³-hybridized carbons (Fsp3) is 0.571. The minimum absolute atomic E-state index is 0.0417. The van der Waals surface area contributed by atoms with E-state index in [1.807, 2.05) is 0 Å². The third-order valence-corrected chi connectivity index (χ3v) is 6.02. The minimum Gasteiger partial charge on any atom is -0.298 e. The molecule has 110 valence electrons. The summed E-state index contributed by atoms with van der Waals surface area (Å²) in [6, 6.07) is 6.07. The van der Waals surface area contributed by atoms with Crippen molar-refractivity contribution in [2.24, 2.45) is 0 Å². The first-order valence-electron chi connectivity index (χ1n) is 7.01. The zero-order valence-electron chi connectivity index (χ0n) is 11.3. The maximum Gasteiger partial charge on any atom is 0.218 e. The predicted octanol–water partition coefficient (Wildman–Crippen LogP) is 1.44. The summed E-state index contributed by atoms with van der Waals surface area (Å²) in [6.45, 7) is 3.09. The van der Waals surface area contributed by atoms with Crippen molar-refractivity contribution in [1.29, 1.82) is 0 Å². The lowest BCUT2D eigenvalue weighted by molar-refractivity contribution is 0.158. The van der Waals surface area contributed by atoms with Gasteiger partial charge in [0.25, 0.3) is 0 Å². The first-order valence-corrected chi connectivity index (χ1v) is 8.62. The largest absolute Gasteiger partial charge is 0.298 e. The molecule has 2 fully saturated rings. The second-order valence-electron chi connectivity index (χ2n) is 5.57. The van der Waals surface area contributed by atoms with E-state index >= 15 is 0 Å². The molecule has 4 nitrogen and oxygen atoms in total. The van der Waals surface area contributed by atoms with Crippen molar-refractivity contribution in [2.75, 3.05) is 26.2 Å². The third-order valence-electron chi connectivity index (χ3n) is 4.21. The highest BCUT2D eigenvalue weighted by Gasteiger charge is 2.35. The lowest BCUT2D eigenvalue weighted by atomic mass is 10.2. The molecular formula is C14H19FN2O2S. The van der Waals surface area contributed by atoms with Gasteiger partial charge in [0.05, 0.1) is 5.75 Å². The molecule has 0 amide bonds. The van der Waals surface area contributed by atoms with Crippen molar-refractivity contribution >= 4 is 10.0 Å². The van der Waals surface area contributed by atoms with Crippen molar-refractivity contribution in [3.8, 4) is 0 Å². The zero-order chi connectivity index (χ0) is 14.2. The van der Waals surface area contributed by atoms with E-state index < -0.39 is 10.0 Å². The van der Waals surface area contributed by atoms with E-state index in [0.29, 0.717) is 24.7 Å². The molecule has 0 saturated carbocycles. The number of rotatable bonds is 3. The van der Waals surface area contributed by atoms with Crippen molar-refractivity contribution in [3.05, 3.63) is 35.6 Å². The first kappa shape index (κ1) is 14.0. The van der Waals surface area contributed by atoms with Gasteiger partial charge >= 0.3 is 0 Å². The number of sulfonamides is 1. The summed E-state index contributed by atoms with van der Waals surface area (Å²) in [6.07, 6.45) is 2.25. The highest BCUT2D eigenvalue weighted by molar-refractivity contribution is 7.88. The van der Waals surface area contributed by atoms with Gasteiger partial charge in [-0.25, -0.2) is 12.8 Å². The molecule has 1 unspecified atom stereocenters. The van der Waals surface area contributed by atoms with Gasteiger partial charge in [0.2, 0.25) is 10.0 Å². The normalized spacial score (nSPS) is 24.8. The number of hydrogen-bond donors (Lipinski definition) is 0. The molecule has 1 atom stereocenters. The summed E-state index contributed by atoms with van der Waals surface area (Å²) in [4.78, 5) is 2.38. The number of fused-ring (bicyclic) bond motifs is 1. The van der Waals surface area contributed by atoms with Gasteiger partial charge in [0.15, 0.2) is 0 Å². The Bertz CT molecular complexity index is 573. The molecule has 20 heavy (non-hydrogen) atoms. The van der Waals surface area contributed by atoms with Gasteiger partial charge in [-0.3, -0.25) is 4.90 Å². The molecule has 2 aliphatic rings. The number of benzene rings is 1. The lowest BCUT2D eigenvalue weighted by Gasteiger charge is -2.36. The van der Waals surface area contributed by atoms with Crippen LogP contribution in [0.5, 0.6) is 0 Å². The Morgan fingerprint density at radius 1 is 1.15 bits per heavy atom. The molecule has 0 aromatic heterocycles. The van der Waals surface area contributed by atoms with Crippen LogP contribution in [-0.4, -0.2) is 49.8 Å². The van der Waals surface area contributed by atoms with Crippen LogP contribution in [0.2, 0.25) is 0 Å². The number of halogens is 1. The molecule has 2 heterocycles. The number of nitrogens with zero attached hydrogens (tertiary/aromatic N) is 2. The fourth-order valence-electron chi connectivity index (χ4n) is 3.10. The van der Waals surface area contributed by atoms with Gasteiger partial charge in [0.1, 0.15) is 5.82 Å². The Labute approximate surface area is 119 Å². The van der Waals surface area contributed by atoms with Gasteiger partial charge in [-0.1, -0.05) is 12.1 Å². The van der Waals surface area contributed by atoms with Crippen LogP contribution in [0.4, 0.5) is 4.39 Å². The maximum atomic E-state index is 12.9. The molecule has 2 aliphatic heterocycles. The number of hydrogen-bond acceptors (Lipinski definition) is 3. The van der Waals surface area contributed by atoms with Gasteiger partial charge in [0, 0.05) is 25.7 Å². The molecule has 1 aromatic carbocycles. The van der Waals surface area contributed by atoms with E-state index in [2.05, 4.69) is 4.90 Å². The van der Waals surface area contributed by atoms with E-state index in [1.54, 1.807) is 16.4 Å². The van der Waals surface area contributed by atoms with E-state index in [9.17, 15) is 12.8 Å². The van der Waals surface area contributed by atoms with Crippen molar-refractivity contribution < 1.29 is 12.8 Å². The molecule has 6 heteroatoms. The minimum atomic E-state index is -3.30. The van der Waals surface area contributed by atoms with E-state index in [4.69, 9.17) is 0 Å². The summed E-state index contributed by atoms with van der Waals surface area (Å²) in [5.74, 6) is -0.384. The van der Waals surface area contributed by atoms with Crippen LogP contribution in [0.25, 0.3) is 0 Å². The molecule has 0 bridgehead atoms. The molecular weight excluding hydrogens is 279 g/mol. The monoisotopic (exact) mass is 298 g/mol. The summed E-state index contributed by atoms with van der Waals surface area (Å²) in [5.41, 5.74) is 0.639. The number of piperazine rings is 1. The van der Waals surface area contributed by atoms with Gasteiger partial charge in [-0.2, -0.15) is 4.31 Å². The van der Waals surface area contributed by atoms with Crippen molar-refractivity contribution in [2.45, 2.75) is 24.6 Å². The predicted molar refractivity (Wildman–Crippen MR) is 75.2 cm³/mol. The average molecular weight is 298 g/mol. The Hall–Kier alpha value is -0.980. The van der Waals surface area contributed by atoms with Gasteiger partial charge in [-0.05, 0) is 37.1 Å². The first-order chi connectivity index (χ1) is 9.54. The smallest absolute Gasteiger partial charge is 0.218 e. The van der Waals surface area contributed by atoms with E-state index in [-0.39, 0.29) is 11.6 Å². The Balaban J connectivity index is 1.70. The summed E-state index contributed by atoms with van der Waals surface area (Å²) in [7, 11) is -3.30. The Morgan fingerprint density at radius 2 is 1.90 bits per heavy atom. The fourth-order valence-corrected chi connectivity index (χ4v) is 4.65. The molecule has 3 rings (SSSR count). The second-order valence-corrected chi connectivity index (χ2v) is 7.54.